The molecule has 7 heteroatoms. The molecule has 6 nitrogen and oxygen atoms in total. The van der Waals surface area contributed by atoms with E-state index in [2.05, 4.69) is 9.05 Å². The van der Waals surface area contributed by atoms with Crippen molar-refractivity contribution in [1.82, 2.24) is 0 Å². The zero-order valence-corrected chi connectivity index (χ0v) is 6.90. The lowest BCUT2D eigenvalue weighted by Crippen LogP contribution is -2.20. The summed E-state index contributed by atoms with van der Waals surface area (Å²) in [4.78, 5) is 8.64. The number of rotatable bonds is 5. The van der Waals surface area contributed by atoms with Gasteiger partial charge in [-0.2, -0.15) is 0 Å². The van der Waals surface area contributed by atoms with Crippen LogP contribution < -0.4 is 0 Å². The van der Waals surface area contributed by atoms with E-state index in [1.165, 1.54) is 0 Å². The van der Waals surface area contributed by atoms with Gasteiger partial charge in [-0.3, -0.25) is 9.05 Å². The van der Waals surface area contributed by atoms with Crippen LogP contribution in [0.25, 0.3) is 0 Å². The van der Waals surface area contributed by atoms with Crippen LogP contribution in [0.4, 0.5) is 0 Å². The lowest BCUT2D eigenvalue weighted by atomic mass is 10.4. The minimum absolute atomic E-state index is 0.537. The lowest BCUT2D eigenvalue weighted by Gasteiger charge is -2.14. The van der Waals surface area contributed by atoms with Crippen molar-refractivity contribution in [2.75, 3.05) is 20.3 Å². The molecule has 0 aliphatic carbocycles. The molecule has 0 saturated heterocycles. The highest BCUT2D eigenvalue weighted by atomic mass is 31.2. The van der Waals surface area contributed by atoms with Crippen molar-refractivity contribution in [3.05, 3.63) is 0 Å². The topological polar surface area (TPSA) is 96.2 Å². The van der Waals surface area contributed by atoms with Crippen LogP contribution in [0.15, 0.2) is 0 Å². The Morgan fingerprint density at radius 2 is 1.91 bits per heavy atom. The molecule has 0 aromatic rings. The predicted octanol–water partition coefficient (Wildman–Crippen LogP) is -0.897. The highest BCUT2D eigenvalue weighted by Crippen LogP contribution is 2.43. The first-order chi connectivity index (χ1) is 5.05. The summed E-state index contributed by atoms with van der Waals surface area (Å²) in [6, 6.07) is 0. The highest BCUT2D eigenvalue weighted by Gasteiger charge is 2.23. The van der Waals surface area contributed by atoms with Crippen LogP contribution in [0.1, 0.15) is 0 Å². The summed E-state index contributed by atoms with van der Waals surface area (Å²) in [6.07, 6.45) is -1.08. The first-order valence-corrected chi connectivity index (χ1v) is 4.34. The van der Waals surface area contributed by atoms with Crippen molar-refractivity contribution in [2.45, 2.75) is 6.10 Å². The van der Waals surface area contributed by atoms with Gasteiger partial charge >= 0.3 is 7.82 Å². The molecule has 11 heavy (non-hydrogen) atoms. The molecule has 1 unspecified atom stereocenters. The summed E-state index contributed by atoms with van der Waals surface area (Å²) in [5, 5.41) is 16.8. The van der Waals surface area contributed by atoms with E-state index in [9.17, 15) is 4.57 Å². The van der Waals surface area contributed by atoms with Gasteiger partial charge in [-0.05, 0) is 0 Å². The molecule has 0 aliphatic rings. The fraction of sp³-hybridized carbons (Fsp3) is 1.00. The summed E-state index contributed by atoms with van der Waals surface area (Å²) in [6.45, 7) is -1.07. The van der Waals surface area contributed by atoms with Gasteiger partial charge < -0.3 is 15.1 Å². The third-order valence-corrected chi connectivity index (χ3v) is 1.95. The van der Waals surface area contributed by atoms with Crippen molar-refractivity contribution in [2.24, 2.45) is 0 Å². The van der Waals surface area contributed by atoms with Gasteiger partial charge in [0.2, 0.25) is 0 Å². The molecule has 0 aromatic heterocycles. The van der Waals surface area contributed by atoms with Crippen molar-refractivity contribution in [3.63, 3.8) is 0 Å². The Bertz CT molecular complexity index is 144. The van der Waals surface area contributed by atoms with E-state index in [-0.39, 0.29) is 0 Å². The molecule has 0 bridgehead atoms. The van der Waals surface area contributed by atoms with E-state index in [4.69, 9.17) is 15.1 Å². The van der Waals surface area contributed by atoms with Crippen LogP contribution >= 0.6 is 7.82 Å². The Morgan fingerprint density at radius 3 is 2.18 bits per heavy atom. The third kappa shape index (κ3) is 4.47. The van der Waals surface area contributed by atoms with Crippen LogP contribution in [-0.4, -0.2) is 41.5 Å². The summed E-state index contributed by atoms with van der Waals surface area (Å²) in [7, 11) is -3.09. The second kappa shape index (κ2) is 4.82. The van der Waals surface area contributed by atoms with Gasteiger partial charge in [-0.25, -0.2) is 4.57 Å². The maximum absolute atomic E-state index is 10.6. The molecule has 3 N–H and O–H groups in total. The maximum atomic E-state index is 10.6. The van der Waals surface area contributed by atoms with E-state index in [1.807, 2.05) is 0 Å². The van der Waals surface area contributed by atoms with Crippen molar-refractivity contribution >= 4 is 7.82 Å². The third-order valence-electron chi connectivity index (χ3n) is 0.920. The molecule has 0 aromatic carbocycles. The molecule has 0 amide bonds. The summed E-state index contributed by atoms with van der Waals surface area (Å²) >= 11 is 0. The van der Waals surface area contributed by atoms with Crippen molar-refractivity contribution in [1.29, 1.82) is 0 Å². The molecular formula is C4H11O6P. The molecule has 0 heterocycles. The van der Waals surface area contributed by atoms with Gasteiger partial charge in [0.1, 0.15) is 6.10 Å². The van der Waals surface area contributed by atoms with Gasteiger partial charge in [-0.15, -0.1) is 0 Å². The summed E-state index contributed by atoms with van der Waals surface area (Å²) in [5.41, 5.74) is 0. The molecule has 1 atom stereocenters. The molecule has 0 spiro atoms. The molecule has 0 saturated carbocycles. The monoisotopic (exact) mass is 186 g/mol. The van der Waals surface area contributed by atoms with Crippen LogP contribution in [-0.2, 0) is 13.6 Å². The second-order valence-corrected chi connectivity index (χ2v) is 3.26. The average Bonchev–Trinajstić information content (AvgIpc) is 2.00. The standard InChI is InChI=1S/C4H11O6P/c1-9-11(7,8)10-4(2-5)3-6/h4-6H,2-3H2,1H3,(H,7,8). The van der Waals surface area contributed by atoms with Crippen LogP contribution in [0.5, 0.6) is 0 Å². The van der Waals surface area contributed by atoms with Crippen molar-refractivity contribution in [3.8, 4) is 0 Å². The minimum Gasteiger partial charge on any atom is -0.394 e. The SMILES string of the molecule is COP(=O)(O)OC(CO)CO. The van der Waals surface area contributed by atoms with E-state index in [1.54, 1.807) is 0 Å². The fourth-order valence-corrected chi connectivity index (χ4v) is 0.952. The van der Waals surface area contributed by atoms with Gasteiger partial charge in [0.15, 0.2) is 0 Å². The Balaban J connectivity index is 3.90. The van der Waals surface area contributed by atoms with Gasteiger partial charge in [0.25, 0.3) is 0 Å². The quantitative estimate of drug-likeness (QED) is 0.481. The zero-order chi connectivity index (χ0) is 8.91. The zero-order valence-electron chi connectivity index (χ0n) is 6.01. The summed E-state index contributed by atoms with van der Waals surface area (Å²) in [5.74, 6) is 0. The number of phosphoric ester groups is 1. The first kappa shape index (κ1) is 11.0. The molecule has 0 fully saturated rings. The van der Waals surface area contributed by atoms with Gasteiger partial charge in [0.05, 0.1) is 13.2 Å². The number of hydrogen-bond donors (Lipinski definition) is 3. The van der Waals surface area contributed by atoms with Gasteiger partial charge in [0, 0.05) is 7.11 Å². The number of phosphoric acid groups is 1. The Morgan fingerprint density at radius 1 is 1.45 bits per heavy atom. The Hall–Kier alpha value is 0.0300. The minimum atomic E-state index is -4.08. The van der Waals surface area contributed by atoms with Crippen LogP contribution in [0, 0.1) is 0 Å². The second-order valence-electron chi connectivity index (χ2n) is 1.74. The molecule has 68 valence electrons. The lowest BCUT2D eigenvalue weighted by molar-refractivity contribution is 0.0344. The fourth-order valence-electron chi connectivity index (χ4n) is 0.356. The Kier molecular flexibility index (Phi) is 4.83. The summed E-state index contributed by atoms with van der Waals surface area (Å²) < 4.78 is 18.9. The Labute approximate surface area is 64.0 Å². The largest absolute Gasteiger partial charge is 0.472 e. The highest BCUT2D eigenvalue weighted by molar-refractivity contribution is 7.47. The molecule has 0 radical (unpaired) electrons. The van der Waals surface area contributed by atoms with Crippen LogP contribution in [0.2, 0.25) is 0 Å². The molecular weight excluding hydrogens is 175 g/mol. The maximum Gasteiger partial charge on any atom is 0.472 e. The van der Waals surface area contributed by atoms with E-state index < -0.39 is 27.1 Å². The molecule has 0 aliphatic heterocycles. The number of hydrogen-bond acceptors (Lipinski definition) is 5. The average molecular weight is 186 g/mol. The van der Waals surface area contributed by atoms with E-state index in [0.29, 0.717) is 0 Å². The smallest absolute Gasteiger partial charge is 0.394 e. The first-order valence-electron chi connectivity index (χ1n) is 2.84. The van der Waals surface area contributed by atoms with Gasteiger partial charge in [-0.1, -0.05) is 0 Å². The van der Waals surface area contributed by atoms with Crippen LogP contribution in [0.3, 0.4) is 0 Å². The van der Waals surface area contributed by atoms with E-state index >= 15 is 0 Å². The predicted molar refractivity (Wildman–Crippen MR) is 35.9 cm³/mol. The van der Waals surface area contributed by atoms with E-state index in [0.717, 1.165) is 7.11 Å². The van der Waals surface area contributed by atoms with Crippen molar-refractivity contribution < 1.29 is 28.7 Å². The number of aliphatic hydroxyl groups excluding tert-OH is 2. The normalized spacial score (nSPS) is 16.8. The number of aliphatic hydroxyl groups is 2. The molecule has 0 rings (SSSR count).